The first-order chi connectivity index (χ1) is 9.11. The molecule has 0 radical (unpaired) electrons. The Morgan fingerprint density at radius 2 is 1.95 bits per heavy atom. The van der Waals surface area contributed by atoms with E-state index in [-0.39, 0.29) is 17.0 Å². The molecule has 0 amide bonds. The molecule has 1 aromatic carbocycles. The largest absolute Gasteiger partial charge is 0.417 e. The maximum absolute atomic E-state index is 12.9. The van der Waals surface area contributed by atoms with Crippen molar-refractivity contribution in [1.82, 2.24) is 4.72 Å². The molecule has 1 atom stereocenters. The van der Waals surface area contributed by atoms with Crippen LogP contribution >= 0.6 is 11.6 Å². The van der Waals surface area contributed by atoms with E-state index in [0.717, 1.165) is 25.0 Å². The van der Waals surface area contributed by atoms with E-state index in [4.69, 9.17) is 11.6 Å². The summed E-state index contributed by atoms with van der Waals surface area (Å²) in [6.07, 6.45) is -3.01. The van der Waals surface area contributed by atoms with E-state index >= 15 is 0 Å². The monoisotopic (exact) mass is 327 g/mol. The highest BCUT2D eigenvalue weighted by Gasteiger charge is 2.39. The van der Waals surface area contributed by atoms with Crippen LogP contribution in [0.1, 0.15) is 25.3 Å². The number of hydrogen-bond donors (Lipinski definition) is 1. The first-order valence-corrected chi connectivity index (χ1v) is 7.86. The summed E-state index contributed by atoms with van der Waals surface area (Å²) < 4.78 is 65.2. The maximum Gasteiger partial charge on any atom is 0.417 e. The van der Waals surface area contributed by atoms with Crippen LogP contribution in [0.4, 0.5) is 13.2 Å². The maximum atomic E-state index is 12.9. The van der Waals surface area contributed by atoms with Crippen molar-refractivity contribution in [2.24, 2.45) is 5.92 Å². The summed E-state index contributed by atoms with van der Waals surface area (Å²) in [6, 6.07) is 2.26. The molecule has 1 fully saturated rings. The van der Waals surface area contributed by atoms with Crippen LogP contribution in [-0.2, 0) is 16.2 Å². The molecule has 112 valence electrons. The molecule has 0 bridgehead atoms. The number of hydrogen-bond acceptors (Lipinski definition) is 2. The molecule has 1 aromatic rings. The average Bonchev–Trinajstić information content (AvgIpc) is 3.10. The second kappa shape index (κ2) is 5.20. The molecule has 0 unspecified atom stereocenters. The molecular weight excluding hydrogens is 315 g/mol. The van der Waals surface area contributed by atoms with Gasteiger partial charge in [-0.25, -0.2) is 13.1 Å². The SMILES string of the molecule is C[C@@H](NS(=O)(=O)c1ccc(Cl)cc1C(F)(F)F)C1CC1. The van der Waals surface area contributed by atoms with Gasteiger partial charge in [-0.05, 0) is 43.9 Å². The van der Waals surface area contributed by atoms with E-state index in [1.54, 1.807) is 6.92 Å². The van der Waals surface area contributed by atoms with Crippen LogP contribution in [0.5, 0.6) is 0 Å². The molecule has 0 heterocycles. The molecule has 0 spiro atoms. The van der Waals surface area contributed by atoms with Crippen molar-refractivity contribution in [2.45, 2.75) is 36.9 Å². The summed E-state index contributed by atoms with van der Waals surface area (Å²) in [5.41, 5.74) is -1.25. The van der Waals surface area contributed by atoms with E-state index in [1.165, 1.54) is 0 Å². The van der Waals surface area contributed by atoms with Gasteiger partial charge in [-0.3, -0.25) is 0 Å². The number of halogens is 4. The van der Waals surface area contributed by atoms with Gasteiger partial charge in [-0.1, -0.05) is 11.6 Å². The Balaban J connectivity index is 2.40. The van der Waals surface area contributed by atoms with Crippen LogP contribution in [0, 0.1) is 5.92 Å². The first kappa shape index (κ1) is 15.6. The predicted molar refractivity (Wildman–Crippen MR) is 69.0 cm³/mol. The van der Waals surface area contributed by atoms with Crippen LogP contribution < -0.4 is 4.72 Å². The minimum absolute atomic E-state index is 0.161. The van der Waals surface area contributed by atoms with Gasteiger partial charge in [0, 0.05) is 11.1 Å². The third-order valence-electron chi connectivity index (χ3n) is 3.21. The van der Waals surface area contributed by atoms with Gasteiger partial charge in [0.05, 0.1) is 10.5 Å². The van der Waals surface area contributed by atoms with Gasteiger partial charge in [0.2, 0.25) is 10.0 Å². The minimum atomic E-state index is -4.78. The molecular formula is C12H13ClF3NO2S. The zero-order chi connectivity index (χ0) is 15.1. The lowest BCUT2D eigenvalue weighted by Gasteiger charge is -2.17. The molecule has 1 aliphatic carbocycles. The Bertz CT molecular complexity index is 612. The zero-order valence-electron chi connectivity index (χ0n) is 10.5. The van der Waals surface area contributed by atoms with Crippen molar-refractivity contribution in [3.05, 3.63) is 28.8 Å². The minimum Gasteiger partial charge on any atom is -0.208 e. The molecule has 2 rings (SSSR count). The quantitative estimate of drug-likeness (QED) is 0.921. The molecule has 20 heavy (non-hydrogen) atoms. The molecule has 8 heteroatoms. The smallest absolute Gasteiger partial charge is 0.208 e. The zero-order valence-corrected chi connectivity index (χ0v) is 12.1. The van der Waals surface area contributed by atoms with Crippen LogP contribution in [0.2, 0.25) is 5.02 Å². The molecule has 0 aromatic heterocycles. The van der Waals surface area contributed by atoms with Crippen molar-refractivity contribution >= 4 is 21.6 Å². The second-order valence-corrected chi connectivity index (χ2v) is 7.00. The lowest BCUT2D eigenvalue weighted by Crippen LogP contribution is -2.35. The number of benzene rings is 1. The summed E-state index contributed by atoms with van der Waals surface area (Å²) >= 11 is 5.52. The molecule has 1 aliphatic rings. The summed E-state index contributed by atoms with van der Waals surface area (Å²) in [7, 11) is -4.22. The Kier molecular flexibility index (Phi) is 4.05. The fourth-order valence-electron chi connectivity index (χ4n) is 1.96. The number of rotatable bonds is 4. The summed E-state index contributed by atoms with van der Waals surface area (Å²) in [5.74, 6) is 0.200. The van der Waals surface area contributed by atoms with Crippen molar-refractivity contribution in [1.29, 1.82) is 0 Å². The predicted octanol–water partition coefficient (Wildman–Crippen LogP) is 3.44. The lowest BCUT2D eigenvalue weighted by atomic mass is 10.2. The normalized spacial score (nSPS) is 18.1. The Hall–Kier alpha value is -0.790. The Morgan fingerprint density at radius 3 is 2.45 bits per heavy atom. The molecule has 0 aliphatic heterocycles. The molecule has 1 saturated carbocycles. The highest BCUT2D eigenvalue weighted by molar-refractivity contribution is 7.89. The molecule has 0 saturated heterocycles. The number of nitrogens with one attached hydrogen (secondary N) is 1. The van der Waals surface area contributed by atoms with Gasteiger partial charge in [0.1, 0.15) is 0 Å². The Labute approximate surface area is 120 Å². The van der Waals surface area contributed by atoms with Gasteiger partial charge in [0.15, 0.2) is 0 Å². The third-order valence-corrected chi connectivity index (χ3v) is 5.06. The van der Waals surface area contributed by atoms with Crippen LogP contribution in [0.25, 0.3) is 0 Å². The summed E-state index contributed by atoms with van der Waals surface area (Å²) in [6.45, 7) is 1.65. The van der Waals surface area contributed by atoms with E-state index in [2.05, 4.69) is 4.72 Å². The second-order valence-electron chi connectivity index (χ2n) is 4.89. The topological polar surface area (TPSA) is 46.2 Å². The number of alkyl halides is 3. The van der Waals surface area contributed by atoms with Gasteiger partial charge in [-0.2, -0.15) is 13.2 Å². The number of sulfonamides is 1. The third kappa shape index (κ3) is 3.45. The fourth-order valence-corrected chi connectivity index (χ4v) is 3.65. The summed E-state index contributed by atoms with van der Waals surface area (Å²) in [5, 5.41) is -0.161. The lowest BCUT2D eigenvalue weighted by molar-refractivity contribution is -0.139. The van der Waals surface area contributed by atoms with Gasteiger partial charge < -0.3 is 0 Å². The fraction of sp³-hybridized carbons (Fsp3) is 0.500. The van der Waals surface area contributed by atoms with Gasteiger partial charge in [-0.15, -0.1) is 0 Å². The van der Waals surface area contributed by atoms with Crippen molar-refractivity contribution in [2.75, 3.05) is 0 Å². The molecule has 3 nitrogen and oxygen atoms in total. The standard InChI is InChI=1S/C12H13ClF3NO2S/c1-7(8-2-3-8)17-20(18,19)11-5-4-9(13)6-10(11)12(14,15)16/h4-8,17H,2-3H2,1H3/t7-/m1/s1. The highest BCUT2D eigenvalue weighted by Crippen LogP contribution is 2.37. The van der Waals surface area contributed by atoms with Gasteiger partial charge >= 0.3 is 6.18 Å². The molecule has 1 N–H and O–H groups in total. The average molecular weight is 328 g/mol. The highest BCUT2D eigenvalue weighted by atomic mass is 35.5. The van der Waals surface area contributed by atoms with E-state index < -0.39 is 26.7 Å². The van der Waals surface area contributed by atoms with E-state index in [0.29, 0.717) is 6.07 Å². The van der Waals surface area contributed by atoms with Gasteiger partial charge in [0.25, 0.3) is 0 Å². The van der Waals surface area contributed by atoms with E-state index in [1.807, 2.05) is 0 Å². The Morgan fingerprint density at radius 1 is 1.35 bits per heavy atom. The first-order valence-electron chi connectivity index (χ1n) is 6.00. The van der Waals surface area contributed by atoms with Crippen LogP contribution in [0.15, 0.2) is 23.1 Å². The van der Waals surface area contributed by atoms with Crippen LogP contribution in [-0.4, -0.2) is 14.5 Å². The summed E-state index contributed by atoms with van der Waals surface area (Å²) in [4.78, 5) is -0.790. The van der Waals surface area contributed by atoms with Crippen LogP contribution in [0.3, 0.4) is 0 Å². The van der Waals surface area contributed by atoms with Crippen molar-refractivity contribution in [3.8, 4) is 0 Å². The van der Waals surface area contributed by atoms with Crippen molar-refractivity contribution < 1.29 is 21.6 Å². The van der Waals surface area contributed by atoms with E-state index in [9.17, 15) is 21.6 Å². The van der Waals surface area contributed by atoms with Crippen molar-refractivity contribution in [3.63, 3.8) is 0 Å².